The smallest absolute Gasteiger partial charge is 0.285 e. The van der Waals surface area contributed by atoms with E-state index in [1.54, 1.807) is 44.4 Å². The lowest BCUT2D eigenvalue weighted by Gasteiger charge is -2.46. The van der Waals surface area contributed by atoms with Gasteiger partial charge in [0, 0.05) is 24.2 Å². The maximum absolute atomic E-state index is 13.3. The van der Waals surface area contributed by atoms with Gasteiger partial charge in [-0.1, -0.05) is 36.4 Å². The van der Waals surface area contributed by atoms with Crippen molar-refractivity contribution in [3.8, 4) is 17.2 Å². The van der Waals surface area contributed by atoms with Crippen molar-refractivity contribution in [1.82, 2.24) is 10.4 Å². The number of hydrogen-bond donors (Lipinski definition) is 2. The van der Waals surface area contributed by atoms with Gasteiger partial charge >= 0.3 is 0 Å². The molecule has 4 rings (SSSR count). The number of para-hydroxylation sites is 2. The van der Waals surface area contributed by atoms with Crippen LogP contribution >= 0.6 is 0 Å². The molecule has 3 amide bonds. The molecule has 0 unspecified atom stereocenters. The van der Waals surface area contributed by atoms with E-state index in [1.807, 2.05) is 36.4 Å². The molecule has 0 radical (unpaired) electrons. The first kappa shape index (κ1) is 24.6. The molecule has 0 aliphatic carbocycles. The number of amides is 3. The minimum atomic E-state index is -0.863. The number of carbonyl (C=O) groups is 3. The van der Waals surface area contributed by atoms with E-state index in [1.165, 1.54) is 18.0 Å². The van der Waals surface area contributed by atoms with E-state index in [-0.39, 0.29) is 17.2 Å². The van der Waals surface area contributed by atoms with E-state index in [0.29, 0.717) is 29.4 Å². The maximum atomic E-state index is 13.3. The van der Waals surface area contributed by atoms with Gasteiger partial charge < -0.3 is 19.5 Å². The number of anilines is 1. The lowest BCUT2D eigenvalue weighted by molar-refractivity contribution is -0.169. The number of β-lactam (4-membered cyclic amide) rings is 1. The van der Waals surface area contributed by atoms with Gasteiger partial charge in [-0.05, 0) is 37.3 Å². The van der Waals surface area contributed by atoms with E-state index >= 15 is 0 Å². The van der Waals surface area contributed by atoms with E-state index in [0.717, 1.165) is 0 Å². The minimum absolute atomic E-state index is 0.213. The molecule has 1 fully saturated rings. The zero-order valence-electron chi connectivity index (χ0n) is 20.2. The number of nitrogens with one attached hydrogen (secondary N) is 2. The van der Waals surface area contributed by atoms with Gasteiger partial charge in [0.1, 0.15) is 23.3 Å². The number of rotatable bonds is 9. The van der Waals surface area contributed by atoms with Gasteiger partial charge in [0.2, 0.25) is 12.0 Å². The van der Waals surface area contributed by atoms with Crippen LogP contribution in [-0.4, -0.2) is 42.6 Å². The SMILES string of the molecule is CCOc1cc(NC(C)=O)ccc1C(=O)NN1C(=O)[C@@H](Oc2ccccc2)[C@H]1c1ccccc1OC. The predicted octanol–water partition coefficient (Wildman–Crippen LogP) is 3.73. The zero-order chi connectivity index (χ0) is 25.7. The summed E-state index contributed by atoms with van der Waals surface area (Å²) in [6.45, 7) is 3.49. The Bertz CT molecular complexity index is 1260. The van der Waals surface area contributed by atoms with Crippen molar-refractivity contribution < 1.29 is 28.6 Å². The Morgan fingerprint density at radius 1 is 0.972 bits per heavy atom. The third kappa shape index (κ3) is 5.10. The second-order valence-electron chi connectivity index (χ2n) is 8.01. The summed E-state index contributed by atoms with van der Waals surface area (Å²) in [5, 5.41) is 3.91. The highest BCUT2D eigenvalue weighted by Gasteiger charge is 2.52. The summed E-state index contributed by atoms with van der Waals surface area (Å²) in [6, 6.07) is 20.3. The molecular formula is C27H27N3O6. The van der Waals surface area contributed by atoms with Crippen molar-refractivity contribution in [1.29, 1.82) is 0 Å². The van der Waals surface area contributed by atoms with Crippen LogP contribution in [0.3, 0.4) is 0 Å². The van der Waals surface area contributed by atoms with Crippen LogP contribution in [0.4, 0.5) is 5.69 Å². The number of methoxy groups -OCH3 is 1. The fourth-order valence-corrected chi connectivity index (χ4v) is 4.00. The summed E-state index contributed by atoms with van der Waals surface area (Å²) in [7, 11) is 1.54. The van der Waals surface area contributed by atoms with Gasteiger partial charge in [-0.25, -0.2) is 5.01 Å². The van der Waals surface area contributed by atoms with Crippen LogP contribution in [-0.2, 0) is 9.59 Å². The Balaban J connectivity index is 1.62. The van der Waals surface area contributed by atoms with Crippen LogP contribution in [0.1, 0.15) is 35.8 Å². The van der Waals surface area contributed by atoms with Gasteiger partial charge in [-0.2, -0.15) is 0 Å². The molecular weight excluding hydrogens is 462 g/mol. The highest BCUT2D eigenvalue weighted by molar-refractivity contribution is 6.00. The molecule has 0 bridgehead atoms. The van der Waals surface area contributed by atoms with Crippen LogP contribution in [0.5, 0.6) is 17.2 Å². The molecule has 1 heterocycles. The number of hydrogen-bond acceptors (Lipinski definition) is 6. The van der Waals surface area contributed by atoms with Crippen LogP contribution in [0.25, 0.3) is 0 Å². The number of benzene rings is 3. The Morgan fingerprint density at radius 3 is 2.39 bits per heavy atom. The molecule has 2 atom stereocenters. The standard InChI is InChI=1S/C27H27N3O6/c1-4-35-23-16-18(28-17(2)31)14-15-21(23)26(32)29-30-24(20-12-8-9-13-22(20)34-3)25(27(30)33)36-19-10-6-5-7-11-19/h5-16,24-25H,4H2,1-3H3,(H,28,31)(H,29,32)/t24-,25+/m1/s1. The molecule has 186 valence electrons. The van der Waals surface area contributed by atoms with Crippen molar-refractivity contribution >= 4 is 23.4 Å². The molecule has 0 saturated carbocycles. The first-order valence-corrected chi connectivity index (χ1v) is 11.5. The van der Waals surface area contributed by atoms with E-state index < -0.39 is 24.0 Å². The maximum Gasteiger partial charge on any atom is 0.285 e. The molecule has 3 aromatic carbocycles. The number of nitrogens with zero attached hydrogens (tertiary/aromatic N) is 1. The fraction of sp³-hybridized carbons (Fsp3) is 0.222. The first-order chi connectivity index (χ1) is 17.4. The lowest BCUT2D eigenvalue weighted by Crippen LogP contribution is -2.67. The quantitative estimate of drug-likeness (QED) is 0.444. The molecule has 9 nitrogen and oxygen atoms in total. The highest BCUT2D eigenvalue weighted by Crippen LogP contribution is 2.40. The average Bonchev–Trinajstić information content (AvgIpc) is 2.88. The average molecular weight is 490 g/mol. The molecule has 9 heteroatoms. The number of ether oxygens (including phenoxy) is 3. The van der Waals surface area contributed by atoms with E-state index in [4.69, 9.17) is 14.2 Å². The lowest BCUT2D eigenvalue weighted by atomic mass is 9.91. The van der Waals surface area contributed by atoms with Gasteiger partial charge in [0.15, 0.2) is 0 Å². The van der Waals surface area contributed by atoms with Crippen molar-refractivity contribution in [3.63, 3.8) is 0 Å². The van der Waals surface area contributed by atoms with E-state index in [9.17, 15) is 14.4 Å². The molecule has 0 aromatic heterocycles. The van der Waals surface area contributed by atoms with Gasteiger partial charge in [-0.15, -0.1) is 0 Å². The second kappa shape index (κ2) is 10.8. The molecule has 2 N–H and O–H groups in total. The molecule has 0 spiro atoms. The topological polar surface area (TPSA) is 106 Å². The first-order valence-electron chi connectivity index (χ1n) is 11.5. The monoisotopic (exact) mass is 489 g/mol. The van der Waals surface area contributed by atoms with Gasteiger partial charge in [0.05, 0.1) is 19.3 Å². The second-order valence-corrected chi connectivity index (χ2v) is 8.01. The summed E-state index contributed by atoms with van der Waals surface area (Å²) in [5.41, 5.74) is 4.09. The Morgan fingerprint density at radius 2 is 1.69 bits per heavy atom. The summed E-state index contributed by atoms with van der Waals surface area (Å²) in [4.78, 5) is 37.9. The molecule has 3 aromatic rings. The van der Waals surface area contributed by atoms with Gasteiger partial charge in [-0.3, -0.25) is 19.8 Å². The van der Waals surface area contributed by atoms with Crippen molar-refractivity contribution in [3.05, 3.63) is 83.9 Å². The Kier molecular flexibility index (Phi) is 7.39. The third-order valence-corrected chi connectivity index (χ3v) is 5.58. The van der Waals surface area contributed by atoms with Crippen molar-refractivity contribution in [2.75, 3.05) is 19.0 Å². The number of hydrazine groups is 1. The fourth-order valence-electron chi connectivity index (χ4n) is 4.00. The molecule has 1 saturated heterocycles. The predicted molar refractivity (Wildman–Crippen MR) is 133 cm³/mol. The Hall–Kier alpha value is -4.53. The van der Waals surface area contributed by atoms with Crippen molar-refractivity contribution in [2.45, 2.75) is 26.0 Å². The van der Waals surface area contributed by atoms with Crippen LogP contribution in [0.2, 0.25) is 0 Å². The largest absolute Gasteiger partial charge is 0.496 e. The molecule has 36 heavy (non-hydrogen) atoms. The Labute approximate surface area is 208 Å². The summed E-state index contributed by atoms with van der Waals surface area (Å²) < 4.78 is 17.1. The highest BCUT2D eigenvalue weighted by atomic mass is 16.5. The van der Waals surface area contributed by atoms with Crippen molar-refractivity contribution in [2.24, 2.45) is 0 Å². The van der Waals surface area contributed by atoms with Gasteiger partial charge in [0.25, 0.3) is 11.8 Å². The van der Waals surface area contributed by atoms with E-state index in [2.05, 4.69) is 10.7 Å². The zero-order valence-corrected chi connectivity index (χ0v) is 20.2. The van der Waals surface area contributed by atoms with Crippen LogP contribution in [0, 0.1) is 0 Å². The minimum Gasteiger partial charge on any atom is -0.496 e. The summed E-state index contributed by atoms with van der Waals surface area (Å²) in [5.74, 6) is 0.180. The van der Waals surface area contributed by atoms with Crippen LogP contribution in [0.15, 0.2) is 72.8 Å². The molecule has 1 aliphatic heterocycles. The summed E-state index contributed by atoms with van der Waals surface area (Å²) >= 11 is 0. The summed E-state index contributed by atoms with van der Waals surface area (Å²) in [6.07, 6.45) is -0.863. The number of carbonyl (C=O) groups excluding carboxylic acids is 3. The normalized spacial score (nSPS) is 16.5. The molecule has 1 aliphatic rings. The third-order valence-electron chi connectivity index (χ3n) is 5.58. The van der Waals surface area contributed by atoms with Crippen LogP contribution < -0.4 is 25.0 Å².